The number of nitrogens with two attached hydrogens (primary N) is 1. The summed E-state index contributed by atoms with van der Waals surface area (Å²) < 4.78 is 12.2. The summed E-state index contributed by atoms with van der Waals surface area (Å²) in [6.45, 7) is 13.8. The molecule has 8 atom stereocenters. The van der Waals surface area contributed by atoms with Crippen LogP contribution in [-0.4, -0.2) is 101 Å². The van der Waals surface area contributed by atoms with Crippen LogP contribution in [0.3, 0.4) is 0 Å². The average Bonchev–Trinajstić information content (AvgIpc) is 3.83. The third-order valence-electron chi connectivity index (χ3n) is 10.4. The summed E-state index contributed by atoms with van der Waals surface area (Å²) in [5.41, 5.74) is 6.08. The van der Waals surface area contributed by atoms with Gasteiger partial charge < -0.3 is 35.6 Å². The van der Waals surface area contributed by atoms with Crippen molar-refractivity contribution in [3.05, 3.63) is 52.5 Å². The number of carbonyl (C=O) groups is 3. The first kappa shape index (κ1) is 43.4. The fraction of sp³-hybridized carbons (Fsp3) is 0.667. The lowest BCUT2D eigenvalue weighted by Gasteiger charge is -2.41. The molecule has 1 aromatic heterocycles. The van der Waals surface area contributed by atoms with Gasteiger partial charge in [0, 0.05) is 45.3 Å². The van der Waals surface area contributed by atoms with Crippen molar-refractivity contribution >= 4 is 46.3 Å². The highest BCUT2D eigenvalue weighted by Crippen LogP contribution is 2.31. The SMILES string of the molecule is CC[C@H](C)[C@@H]([C@@H](CC(=O)N1CCC[C@H]1[C@H](OC)[C@@H](C)C(=S)N[C@@H](Cc1ccccc1)c1nccs1)OC)N(C)C(=O)[C@@H](NC(=O)C(C)(C)N)C(C)C. The number of likely N-dealkylation sites (N-methyl/N-ethyl adjacent to an activating group) is 1. The van der Waals surface area contributed by atoms with Crippen LogP contribution >= 0.6 is 23.6 Å². The summed E-state index contributed by atoms with van der Waals surface area (Å²) in [7, 11) is 5.00. The molecule has 1 aromatic carbocycles. The molecule has 2 heterocycles. The second-order valence-corrected chi connectivity index (χ2v) is 16.5. The maximum atomic E-state index is 14.2. The Balaban J connectivity index is 1.78. The van der Waals surface area contributed by atoms with Gasteiger partial charge in [-0.15, -0.1) is 11.3 Å². The van der Waals surface area contributed by atoms with Crippen molar-refractivity contribution in [1.29, 1.82) is 0 Å². The number of ether oxygens (including phenoxy) is 2. The van der Waals surface area contributed by atoms with E-state index < -0.39 is 29.6 Å². The maximum Gasteiger partial charge on any atom is 0.245 e. The standard InChI is InChI=1S/C39H62N6O5S2/c1-11-25(4)33(44(8)37(47)32(24(2)3)43-38(48)39(6,7)40)30(49-9)23-31(46)45-20-15-18-29(45)34(50-10)26(5)35(51)42-28(36-41-19-21-52-36)22-27-16-13-12-14-17-27/h12-14,16-17,19,21,24-26,28-30,32-34H,11,15,18,20,22-23,40H2,1-10H3,(H,42,51)(H,43,48)/t25-,26+,28-,29-,30+,32-,33-,34+/m0/s1. The predicted octanol–water partition coefficient (Wildman–Crippen LogP) is 5.14. The van der Waals surface area contributed by atoms with Crippen LogP contribution in [0.25, 0.3) is 0 Å². The lowest BCUT2D eigenvalue weighted by Crippen LogP contribution is -2.60. The number of rotatable bonds is 19. The number of nitrogens with one attached hydrogen (secondary N) is 2. The number of amides is 3. The third kappa shape index (κ3) is 11.3. The van der Waals surface area contributed by atoms with Crippen LogP contribution in [0.5, 0.6) is 0 Å². The minimum Gasteiger partial charge on any atom is -0.379 e. The number of aromatic nitrogens is 1. The molecule has 0 unspecified atom stereocenters. The average molecular weight is 759 g/mol. The molecule has 3 rings (SSSR count). The molecule has 11 nitrogen and oxygen atoms in total. The number of nitrogens with zero attached hydrogens (tertiary/aromatic N) is 3. The molecule has 0 aliphatic carbocycles. The van der Waals surface area contributed by atoms with E-state index >= 15 is 0 Å². The number of hydrogen-bond donors (Lipinski definition) is 3. The van der Waals surface area contributed by atoms with Gasteiger partial charge in [-0.25, -0.2) is 4.98 Å². The van der Waals surface area contributed by atoms with Gasteiger partial charge in [-0.05, 0) is 50.5 Å². The highest BCUT2D eigenvalue weighted by molar-refractivity contribution is 7.80. The molecule has 290 valence electrons. The van der Waals surface area contributed by atoms with E-state index in [1.165, 1.54) is 5.56 Å². The van der Waals surface area contributed by atoms with E-state index in [1.54, 1.807) is 51.4 Å². The van der Waals surface area contributed by atoms with Crippen molar-refractivity contribution < 1.29 is 23.9 Å². The van der Waals surface area contributed by atoms with Crippen LogP contribution in [0.4, 0.5) is 0 Å². The van der Waals surface area contributed by atoms with E-state index in [9.17, 15) is 14.4 Å². The molecule has 2 aromatic rings. The molecule has 0 radical (unpaired) electrons. The summed E-state index contributed by atoms with van der Waals surface area (Å²) in [5, 5.41) is 9.38. The Hall–Kier alpha value is -2.97. The zero-order valence-corrected chi connectivity index (χ0v) is 34.4. The molecule has 0 spiro atoms. The van der Waals surface area contributed by atoms with Gasteiger partial charge in [0.25, 0.3) is 0 Å². The van der Waals surface area contributed by atoms with Gasteiger partial charge >= 0.3 is 0 Å². The Kier molecular flexibility index (Phi) is 16.6. The first-order valence-corrected chi connectivity index (χ1v) is 19.8. The fourth-order valence-electron chi connectivity index (χ4n) is 7.13. The van der Waals surface area contributed by atoms with Crippen LogP contribution in [0, 0.1) is 17.8 Å². The third-order valence-corrected chi connectivity index (χ3v) is 11.8. The highest BCUT2D eigenvalue weighted by atomic mass is 32.1. The molecule has 3 amide bonds. The van der Waals surface area contributed by atoms with Crippen molar-refractivity contribution in [2.45, 2.75) is 122 Å². The van der Waals surface area contributed by atoms with Crippen molar-refractivity contribution in [1.82, 2.24) is 25.4 Å². The summed E-state index contributed by atoms with van der Waals surface area (Å²) in [6, 6.07) is 8.79. The van der Waals surface area contributed by atoms with Gasteiger partial charge in [0.05, 0.1) is 47.3 Å². The van der Waals surface area contributed by atoms with E-state index in [0.29, 0.717) is 11.5 Å². The normalized spacial score (nSPS) is 18.9. The molecule has 0 saturated carbocycles. The predicted molar refractivity (Wildman–Crippen MR) is 212 cm³/mol. The topological polar surface area (TPSA) is 139 Å². The quantitative estimate of drug-likeness (QED) is 0.166. The summed E-state index contributed by atoms with van der Waals surface area (Å²) in [6.07, 6.45) is 4.11. The maximum absolute atomic E-state index is 14.2. The molecule has 13 heteroatoms. The number of benzene rings is 1. The summed E-state index contributed by atoms with van der Waals surface area (Å²) in [5.74, 6) is -1.07. The first-order valence-electron chi connectivity index (χ1n) is 18.5. The number of likely N-dealkylation sites (tertiary alicyclic amines) is 1. The second kappa shape index (κ2) is 19.9. The van der Waals surface area contributed by atoms with Crippen molar-refractivity contribution in [2.75, 3.05) is 27.8 Å². The first-order chi connectivity index (χ1) is 24.5. The minimum absolute atomic E-state index is 0.00685. The van der Waals surface area contributed by atoms with Crippen LogP contribution in [0.15, 0.2) is 41.9 Å². The molecule has 1 aliphatic heterocycles. The number of methoxy groups -OCH3 is 2. The molecular formula is C39H62N6O5S2. The number of carbonyl (C=O) groups excluding carboxylic acids is 3. The van der Waals surface area contributed by atoms with Gasteiger partial charge in [0.1, 0.15) is 11.0 Å². The molecular weight excluding hydrogens is 697 g/mol. The van der Waals surface area contributed by atoms with Gasteiger partial charge in [-0.2, -0.15) is 0 Å². The largest absolute Gasteiger partial charge is 0.379 e. The Labute approximate surface area is 320 Å². The smallest absolute Gasteiger partial charge is 0.245 e. The van der Waals surface area contributed by atoms with E-state index in [4.69, 9.17) is 27.4 Å². The van der Waals surface area contributed by atoms with Crippen LogP contribution in [-0.2, 0) is 30.3 Å². The minimum atomic E-state index is -1.14. The van der Waals surface area contributed by atoms with Crippen LogP contribution in [0.1, 0.15) is 90.8 Å². The second-order valence-electron chi connectivity index (χ2n) is 15.1. The number of hydrogen-bond acceptors (Lipinski definition) is 9. The Morgan fingerprint density at radius 3 is 2.33 bits per heavy atom. The Bertz CT molecular complexity index is 1440. The molecule has 4 N–H and O–H groups in total. The number of thiocarbonyl (C=S) groups is 1. The molecule has 52 heavy (non-hydrogen) atoms. The Morgan fingerprint density at radius 2 is 1.79 bits per heavy atom. The van der Waals surface area contributed by atoms with Crippen molar-refractivity contribution in [3.63, 3.8) is 0 Å². The monoisotopic (exact) mass is 758 g/mol. The van der Waals surface area contributed by atoms with E-state index in [2.05, 4.69) is 48.5 Å². The number of thiazole rings is 1. The van der Waals surface area contributed by atoms with Crippen molar-refractivity contribution in [2.24, 2.45) is 23.5 Å². The van der Waals surface area contributed by atoms with E-state index in [1.807, 2.05) is 48.5 Å². The molecule has 1 fully saturated rings. The summed E-state index contributed by atoms with van der Waals surface area (Å²) in [4.78, 5) is 49.9. The molecule has 1 saturated heterocycles. The molecule has 1 aliphatic rings. The zero-order valence-electron chi connectivity index (χ0n) is 32.8. The van der Waals surface area contributed by atoms with Gasteiger partial charge in [0.2, 0.25) is 17.7 Å². The summed E-state index contributed by atoms with van der Waals surface area (Å²) >= 11 is 7.61. The van der Waals surface area contributed by atoms with Crippen LogP contribution < -0.4 is 16.4 Å². The van der Waals surface area contributed by atoms with Gasteiger partial charge in [-0.1, -0.05) is 83.6 Å². The van der Waals surface area contributed by atoms with Crippen molar-refractivity contribution in [3.8, 4) is 0 Å². The van der Waals surface area contributed by atoms with Gasteiger partial charge in [0.15, 0.2) is 0 Å². The lowest BCUT2D eigenvalue weighted by molar-refractivity contribution is -0.147. The lowest BCUT2D eigenvalue weighted by atomic mass is 9.89. The van der Waals surface area contributed by atoms with Gasteiger partial charge in [-0.3, -0.25) is 14.4 Å². The zero-order chi connectivity index (χ0) is 38.7. The van der Waals surface area contributed by atoms with E-state index in [0.717, 1.165) is 30.7 Å². The highest BCUT2D eigenvalue weighted by Gasteiger charge is 2.43. The fourth-order valence-corrected chi connectivity index (χ4v) is 8.09. The van der Waals surface area contributed by atoms with E-state index in [-0.39, 0.29) is 54.2 Å². The molecule has 0 bridgehead atoms. The van der Waals surface area contributed by atoms with Crippen LogP contribution in [0.2, 0.25) is 0 Å². The Morgan fingerprint density at radius 1 is 1.12 bits per heavy atom.